The second-order valence-corrected chi connectivity index (χ2v) is 5.88. The van der Waals surface area contributed by atoms with Gasteiger partial charge in [-0.15, -0.1) is 11.3 Å². The minimum absolute atomic E-state index is 0.145. The summed E-state index contributed by atoms with van der Waals surface area (Å²) < 4.78 is 0. The smallest absolute Gasteiger partial charge is 0.303 e. The molecule has 1 aromatic heterocycles. The number of aromatic nitrogens is 1. The number of aryl methyl sites for hydroxylation is 3. The number of carboxylic acids is 1. The highest BCUT2D eigenvalue weighted by molar-refractivity contribution is 7.15. The van der Waals surface area contributed by atoms with Gasteiger partial charge < -0.3 is 10.4 Å². The zero-order chi connectivity index (χ0) is 14.7. The van der Waals surface area contributed by atoms with Gasteiger partial charge in [-0.05, 0) is 44.4 Å². The molecule has 1 heterocycles. The summed E-state index contributed by atoms with van der Waals surface area (Å²) in [5.41, 5.74) is 4.38. The van der Waals surface area contributed by atoms with Crippen molar-refractivity contribution in [3.8, 4) is 0 Å². The molecule has 1 aromatic carbocycles. The van der Waals surface area contributed by atoms with Crippen LogP contribution in [0.1, 0.15) is 28.1 Å². The van der Waals surface area contributed by atoms with E-state index in [2.05, 4.69) is 30.2 Å². The standard InChI is InChI=1S/C15H18N2O2S/c1-9-5-4-6-12(10(9)2)17-15-16-11(3)13(20-15)7-8-14(18)19/h4-6H,7-8H2,1-3H3,(H,16,17)(H,18,19). The van der Waals surface area contributed by atoms with Crippen molar-refractivity contribution in [2.45, 2.75) is 33.6 Å². The number of benzene rings is 1. The maximum atomic E-state index is 10.6. The highest BCUT2D eigenvalue weighted by Crippen LogP contribution is 2.28. The molecule has 2 N–H and O–H groups in total. The van der Waals surface area contributed by atoms with E-state index in [-0.39, 0.29) is 6.42 Å². The number of thiazole rings is 1. The fraction of sp³-hybridized carbons (Fsp3) is 0.333. The first-order chi connectivity index (χ1) is 9.47. The summed E-state index contributed by atoms with van der Waals surface area (Å²) in [6, 6.07) is 6.11. The van der Waals surface area contributed by atoms with Crippen LogP contribution in [0.5, 0.6) is 0 Å². The molecule has 0 aliphatic carbocycles. The minimum atomic E-state index is -0.776. The SMILES string of the molecule is Cc1cccc(Nc2nc(C)c(CCC(=O)O)s2)c1C. The van der Waals surface area contributed by atoms with Gasteiger partial charge in [-0.3, -0.25) is 4.79 Å². The molecule has 2 aromatic rings. The average molecular weight is 290 g/mol. The Balaban J connectivity index is 2.16. The molecule has 0 aliphatic heterocycles. The first-order valence-electron chi connectivity index (χ1n) is 6.48. The Bertz CT molecular complexity index is 635. The summed E-state index contributed by atoms with van der Waals surface area (Å²) in [6.45, 7) is 6.07. The quantitative estimate of drug-likeness (QED) is 0.878. The van der Waals surface area contributed by atoms with Gasteiger partial charge in [0.1, 0.15) is 0 Å². The maximum absolute atomic E-state index is 10.6. The second-order valence-electron chi connectivity index (χ2n) is 4.79. The predicted molar refractivity (Wildman–Crippen MR) is 82.0 cm³/mol. The molecular weight excluding hydrogens is 272 g/mol. The van der Waals surface area contributed by atoms with E-state index in [0.717, 1.165) is 21.4 Å². The molecule has 0 unspecified atom stereocenters. The van der Waals surface area contributed by atoms with Crippen LogP contribution in [-0.4, -0.2) is 16.1 Å². The number of hydrogen-bond donors (Lipinski definition) is 2. The highest BCUT2D eigenvalue weighted by atomic mass is 32.1. The van der Waals surface area contributed by atoms with E-state index < -0.39 is 5.97 Å². The van der Waals surface area contributed by atoms with E-state index in [4.69, 9.17) is 5.11 Å². The number of nitrogens with zero attached hydrogens (tertiary/aromatic N) is 1. The van der Waals surface area contributed by atoms with Gasteiger partial charge in [-0.2, -0.15) is 0 Å². The fourth-order valence-electron chi connectivity index (χ4n) is 1.94. The Morgan fingerprint density at radius 3 is 2.80 bits per heavy atom. The van der Waals surface area contributed by atoms with Crippen LogP contribution < -0.4 is 5.32 Å². The van der Waals surface area contributed by atoms with Crippen molar-refractivity contribution in [1.29, 1.82) is 0 Å². The third-order valence-electron chi connectivity index (χ3n) is 3.30. The Labute approximate surface area is 122 Å². The molecule has 4 nitrogen and oxygen atoms in total. The van der Waals surface area contributed by atoms with E-state index in [1.807, 2.05) is 19.1 Å². The molecule has 20 heavy (non-hydrogen) atoms. The van der Waals surface area contributed by atoms with E-state index in [9.17, 15) is 4.79 Å². The molecule has 0 saturated heterocycles. The average Bonchev–Trinajstić information content (AvgIpc) is 2.73. The Kier molecular flexibility index (Phi) is 4.39. The number of carboxylic acid groups (broad SMARTS) is 1. The lowest BCUT2D eigenvalue weighted by molar-refractivity contribution is -0.136. The van der Waals surface area contributed by atoms with Crippen LogP contribution in [0.2, 0.25) is 0 Å². The predicted octanol–water partition coefficient (Wildman–Crippen LogP) is 3.83. The first-order valence-corrected chi connectivity index (χ1v) is 7.30. The van der Waals surface area contributed by atoms with Crippen molar-refractivity contribution in [3.63, 3.8) is 0 Å². The lowest BCUT2D eigenvalue weighted by Gasteiger charge is -2.08. The Morgan fingerprint density at radius 1 is 1.35 bits per heavy atom. The normalized spacial score (nSPS) is 10.6. The molecule has 5 heteroatoms. The molecular formula is C15H18N2O2S. The largest absolute Gasteiger partial charge is 0.481 e. The molecule has 0 aliphatic rings. The molecule has 0 amide bonds. The lowest BCUT2D eigenvalue weighted by Crippen LogP contribution is -1.96. The molecule has 0 saturated carbocycles. The van der Waals surface area contributed by atoms with Gasteiger partial charge in [0, 0.05) is 10.6 Å². The van der Waals surface area contributed by atoms with Crippen LogP contribution in [0.25, 0.3) is 0 Å². The Morgan fingerprint density at radius 2 is 2.10 bits per heavy atom. The van der Waals surface area contributed by atoms with Gasteiger partial charge >= 0.3 is 5.97 Å². The zero-order valence-electron chi connectivity index (χ0n) is 11.9. The molecule has 2 rings (SSSR count). The van der Waals surface area contributed by atoms with Crippen molar-refractivity contribution in [1.82, 2.24) is 4.98 Å². The van der Waals surface area contributed by atoms with Crippen LogP contribution in [0.15, 0.2) is 18.2 Å². The fourth-order valence-corrected chi connectivity index (χ4v) is 2.91. The van der Waals surface area contributed by atoms with Crippen molar-refractivity contribution >= 4 is 28.1 Å². The first kappa shape index (κ1) is 14.5. The Hall–Kier alpha value is -1.88. The van der Waals surface area contributed by atoms with Crippen molar-refractivity contribution in [2.75, 3.05) is 5.32 Å². The topological polar surface area (TPSA) is 62.2 Å². The lowest BCUT2D eigenvalue weighted by atomic mass is 10.1. The van der Waals surface area contributed by atoms with Gasteiger partial charge in [0.05, 0.1) is 12.1 Å². The third kappa shape index (κ3) is 3.36. The monoisotopic (exact) mass is 290 g/mol. The number of aliphatic carboxylic acids is 1. The molecule has 0 bridgehead atoms. The molecule has 0 spiro atoms. The van der Waals surface area contributed by atoms with Crippen LogP contribution in [0.4, 0.5) is 10.8 Å². The number of hydrogen-bond acceptors (Lipinski definition) is 4. The number of anilines is 2. The third-order valence-corrected chi connectivity index (χ3v) is 4.44. The van der Waals surface area contributed by atoms with Crippen molar-refractivity contribution in [2.24, 2.45) is 0 Å². The van der Waals surface area contributed by atoms with Crippen LogP contribution in [0.3, 0.4) is 0 Å². The van der Waals surface area contributed by atoms with Crippen molar-refractivity contribution < 1.29 is 9.90 Å². The molecule has 106 valence electrons. The molecule has 0 atom stereocenters. The summed E-state index contributed by atoms with van der Waals surface area (Å²) >= 11 is 1.53. The second kappa shape index (κ2) is 6.05. The van der Waals surface area contributed by atoms with E-state index >= 15 is 0 Å². The zero-order valence-corrected chi connectivity index (χ0v) is 12.7. The number of nitrogens with one attached hydrogen (secondary N) is 1. The molecule has 0 fully saturated rings. The van der Waals surface area contributed by atoms with Crippen LogP contribution >= 0.6 is 11.3 Å². The maximum Gasteiger partial charge on any atom is 0.303 e. The summed E-state index contributed by atoms with van der Waals surface area (Å²) in [7, 11) is 0. The summed E-state index contributed by atoms with van der Waals surface area (Å²) in [6.07, 6.45) is 0.680. The van der Waals surface area contributed by atoms with E-state index in [1.165, 1.54) is 22.5 Å². The van der Waals surface area contributed by atoms with Crippen LogP contribution in [0, 0.1) is 20.8 Å². The van der Waals surface area contributed by atoms with Gasteiger partial charge in [-0.1, -0.05) is 12.1 Å². The van der Waals surface area contributed by atoms with E-state index in [0.29, 0.717) is 6.42 Å². The van der Waals surface area contributed by atoms with Gasteiger partial charge in [0.15, 0.2) is 5.13 Å². The minimum Gasteiger partial charge on any atom is -0.481 e. The number of rotatable bonds is 5. The van der Waals surface area contributed by atoms with Gasteiger partial charge in [0.25, 0.3) is 0 Å². The summed E-state index contributed by atoms with van der Waals surface area (Å²) in [5.74, 6) is -0.776. The summed E-state index contributed by atoms with van der Waals surface area (Å²) in [4.78, 5) is 16.1. The van der Waals surface area contributed by atoms with Gasteiger partial charge in [0.2, 0.25) is 0 Å². The number of carbonyl (C=O) groups is 1. The van der Waals surface area contributed by atoms with Crippen molar-refractivity contribution in [3.05, 3.63) is 39.9 Å². The molecule has 0 radical (unpaired) electrons. The summed E-state index contributed by atoms with van der Waals surface area (Å²) in [5, 5.41) is 12.9. The highest BCUT2D eigenvalue weighted by Gasteiger charge is 2.10. The van der Waals surface area contributed by atoms with Crippen LogP contribution in [-0.2, 0) is 11.2 Å². The van der Waals surface area contributed by atoms with Gasteiger partial charge in [-0.25, -0.2) is 4.98 Å². The van der Waals surface area contributed by atoms with E-state index in [1.54, 1.807) is 0 Å².